The fourth-order valence-corrected chi connectivity index (χ4v) is 2.07. The summed E-state index contributed by atoms with van der Waals surface area (Å²) in [6, 6.07) is 7.47. The Morgan fingerprint density at radius 2 is 1.76 bits per heavy atom. The van der Waals surface area contributed by atoms with Gasteiger partial charge in [0.25, 0.3) is 5.91 Å². The second-order valence-corrected chi connectivity index (χ2v) is 4.92. The van der Waals surface area contributed by atoms with Gasteiger partial charge in [-0.25, -0.2) is 9.18 Å². The van der Waals surface area contributed by atoms with Crippen molar-refractivity contribution in [3.05, 3.63) is 63.4 Å². The maximum absolute atomic E-state index is 13.5. The summed E-state index contributed by atoms with van der Waals surface area (Å²) in [5, 5.41) is 11.5. The van der Waals surface area contributed by atoms with Crippen LogP contribution in [0.5, 0.6) is 0 Å². The third-order valence-corrected chi connectivity index (χ3v) is 3.18. The van der Waals surface area contributed by atoms with Crippen molar-refractivity contribution in [3.63, 3.8) is 0 Å². The quantitative estimate of drug-likeness (QED) is 0.892. The van der Waals surface area contributed by atoms with Crippen LogP contribution in [0.25, 0.3) is 0 Å². The maximum atomic E-state index is 13.5. The lowest BCUT2D eigenvalue weighted by molar-refractivity contribution is 0.0697. The van der Waals surface area contributed by atoms with Gasteiger partial charge >= 0.3 is 5.97 Å². The highest BCUT2D eigenvalue weighted by atomic mass is 35.5. The molecule has 2 aromatic carbocycles. The number of rotatable bonds is 3. The summed E-state index contributed by atoms with van der Waals surface area (Å²) in [6.45, 7) is 0. The van der Waals surface area contributed by atoms with Crippen LogP contribution < -0.4 is 5.32 Å². The molecule has 2 rings (SSSR count). The van der Waals surface area contributed by atoms with Crippen LogP contribution in [-0.2, 0) is 0 Å². The summed E-state index contributed by atoms with van der Waals surface area (Å²) in [5.41, 5.74) is -0.0705. The van der Waals surface area contributed by atoms with E-state index in [2.05, 4.69) is 5.32 Å². The summed E-state index contributed by atoms with van der Waals surface area (Å²) in [6.07, 6.45) is 0. The molecule has 0 radical (unpaired) electrons. The average Bonchev–Trinajstić information content (AvgIpc) is 2.41. The van der Waals surface area contributed by atoms with Crippen LogP contribution in [0, 0.1) is 5.82 Å². The molecular weight excluding hydrogens is 320 g/mol. The molecule has 2 N–H and O–H groups in total. The van der Waals surface area contributed by atoms with Crippen molar-refractivity contribution in [1.82, 2.24) is 0 Å². The SMILES string of the molecule is O=C(Nc1ccc(C(=O)O)c(Cl)c1)c1cc(Cl)ccc1F. The van der Waals surface area contributed by atoms with Crippen molar-refractivity contribution >= 4 is 40.8 Å². The fourth-order valence-electron chi connectivity index (χ4n) is 1.64. The molecule has 0 saturated heterocycles. The summed E-state index contributed by atoms with van der Waals surface area (Å²) in [5.74, 6) is -2.61. The van der Waals surface area contributed by atoms with E-state index < -0.39 is 17.7 Å². The first-order valence-corrected chi connectivity index (χ1v) is 6.43. The number of aromatic carboxylic acids is 1. The fraction of sp³-hybridized carbons (Fsp3) is 0. The van der Waals surface area contributed by atoms with Crippen molar-refractivity contribution in [2.45, 2.75) is 0 Å². The summed E-state index contributed by atoms with van der Waals surface area (Å²) in [7, 11) is 0. The summed E-state index contributed by atoms with van der Waals surface area (Å²) >= 11 is 11.5. The normalized spacial score (nSPS) is 10.2. The number of carbonyl (C=O) groups excluding carboxylic acids is 1. The first-order valence-electron chi connectivity index (χ1n) is 5.67. The van der Waals surface area contributed by atoms with Gasteiger partial charge in [-0.05, 0) is 36.4 Å². The Bertz CT molecular complexity index is 734. The Labute approximate surface area is 129 Å². The van der Waals surface area contributed by atoms with Crippen molar-refractivity contribution in [3.8, 4) is 0 Å². The van der Waals surface area contributed by atoms with Crippen LogP contribution in [0.4, 0.5) is 10.1 Å². The minimum atomic E-state index is -1.18. The summed E-state index contributed by atoms with van der Waals surface area (Å²) < 4.78 is 13.5. The number of hydrogen-bond donors (Lipinski definition) is 2. The van der Waals surface area contributed by atoms with E-state index in [9.17, 15) is 14.0 Å². The molecule has 0 aliphatic carbocycles. The number of anilines is 1. The predicted octanol–water partition coefficient (Wildman–Crippen LogP) is 4.08. The van der Waals surface area contributed by atoms with Gasteiger partial charge in [0, 0.05) is 10.7 Å². The van der Waals surface area contributed by atoms with Crippen LogP contribution in [0.3, 0.4) is 0 Å². The molecule has 0 fully saturated rings. The number of carboxylic acid groups (broad SMARTS) is 1. The van der Waals surface area contributed by atoms with E-state index in [1.54, 1.807) is 0 Å². The molecule has 108 valence electrons. The van der Waals surface area contributed by atoms with Crippen molar-refractivity contribution in [1.29, 1.82) is 0 Å². The molecule has 21 heavy (non-hydrogen) atoms. The molecule has 0 aromatic heterocycles. The molecule has 0 bridgehead atoms. The number of halogens is 3. The number of benzene rings is 2. The number of nitrogens with one attached hydrogen (secondary N) is 1. The van der Waals surface area contributed by atoms with Gasteiger partial charge in [0.15, 0.2) is 0 Å². The lowest BCUT2D eigenvalue weighted by Gasteiger charge is -2.08. The minimum Gasteiger partial charge on any atom is -0.478 e. The van der Waals surface area contributed by atoms with Gasteiger partial charge < -0.3 is 10.4 Å². The van der Waals surface area contributed by atoms with E-state index >= 15 is 0 Å². The van der Waals surface area contributed by atoms with E-state index in [4.69, 9.17) is 28.3 Å². The molecule has 0 aliphatic heterocycles. The largest absolute Gasteiger partial charge is 0.478 e. The van der Waals surface area contributed by atoms with Crippen molar-refractivity contribution in [2.24, 2.45) is 0 Å². The van der Waals surface area contributed by atoms with Crippen LogP contribution in [0.1, 0.15) is 20.7 Å². The van der Waals surface area contributed by atoms with E-state index in [-0.39, 0.29) is 26.9 Å². The summed E-state index contributed by atoms with van der Waals surface area (Å²) in [4.78, 5) is 22.8. The zero-order chi connectivity index (χ0) is 15.6. The molecule has 0 heterocycles. The molecule has 1 amide bonds. The second kappa shape index (κ2) is 6.11. The number of carboxylic acids is 1. The third kappa shape index (κ3) is 3.51. The standard InChI is InChI=1S/C14H8Cl2FNO3/c15-7-1-4-12(17)10(5-7)13(19)18-8-2-3-9(14(20)21)11(16)6-8/h1-6H,(H,18,19)(H,20,21). The predicted molar refractivity (Wildman–Crippen MR) is 77.8 cm³/mol. The lowest BCUT2D eigenvalue weighted by atomic mass is 10.1. The van der Waals surface area contributed by atoms with Gasteiger partial charge in [-0.3, -0.25) is 4.79 Å². The van der Waals surface area contributed by atoms with Crippen LogP contribution in [0.15, 0.2) is 36.4 Å². The Kier molecular flexibility index (Phi) is 4.45. The first kappa shape index (κ1) is 15.3. The van der Waals surface area contributed by atoms with Gasteiger partial charge in [0.2, 0.25) is 0 Å². The average molecular weight is 328 g/mol. The minimum absolute atomic E-state index is 0.0353. The first-order chi connectivity index (χ1) is 9.88. The van der Waals surface area contributed by atoms with Gasteiger partial charge in [-0.2, -0.15) is 0 Å². The van der Waals surface area contributed by atoms with Gasteiger partial charge in [-0.1, -0.05) is 23.2 Å². The number of carbonyl (C=O) groups is 2. The van der Waals surface area contributed by atoms with Crippen molar-refractivity contribution in [2.75, 3.05) is 5.32 Å². The lowest BCUT2D eigenvalue weighted by Crippen LogP contribution is -2.14. The Balaban J connectivity index is 2.26. The molecule has 0 aliphatic rings. The molecule has 0 saturated carbocycles. The van der Waals surface area contributed by atoms with Gasteiger partial charge in [-0.15, -0.1) is 0 Å². The van der Waals surface area contributed by atoms with Crippen LogP contribution in [0.2, 0.25) is 10.0 Å². The molecule has 0 spiro atoms. The Morgan fingerprint density at radius 3 is 2.38 bits per heavy atom. The van der Waals surface area contributed by atoms with Gasteiger partial charge in [0.1, 0.15) is 5.82 Å². The van der Waals surface area contributed by atoms with E-state index in [1.807, 2.05) is 0 Å². The molecule has 7 heteroatoms. The van der Waals surface area contributed by atoms with E-state index in [1.165, 1.54) is 30.3 Å². The van der Waals surface area contributed by atoms with E-state index in [0.29, 0.717) is 0 Å². The monoisotopic (exact) mass is 327 g/mol. The molecule has 0 atom stereocenters. The van der Waals surface area contributed by atoms with Gasteiger partial charge in [0.05, 0.1) is 16.1 Å². The molecular formula is C14H8Cl2FNO3. The van der Waals surface area contributed by atoms with E-state index in [0.717, 1.165) is 6.07 Å². The third-order valence-electron chi connectivity index (χ3n) is 2.63. The highest BCUT2D eigenvalue weighted by Gasteiger charge is 2.14. The smallest absolute Gasteiger partial charge is 0.337 e. The number of amides is 1. The van der Waals surface area contributed by atoms with Crippen molar-refractivity contribution < 1.29 is 19.1 Å². The van der Waals surface area contributed by atoms with Crippen LogP contribution >= 0.6 is 23.2 Å². The second-order valence-electron chi connectivity index (χ2n) is 4.08. The Hall–Kier alpha value is -2.11. The zero-order valence-corrected chi connectivity index (χ0v) is 11.9. The zero-order valence-electron chi connectivity index (χ0n) is 10.4. The highest BCUT2D eigenvalue weighted by molar-refractivity contribution is 6.34. The number of hydrogen-bond acceptors (Lipinski definition) is 2. The molecule has 2 aromatic rings. The maximum Gasteiger partial charge on any atom is 0.337 e. The highest BCUT2D eigenvalue weighted by Crippen LogP contribution is 2.22. The van der Waals surface area contributed by atoms with Crippen LogP contribution in [-0.4, -0.2) is 17.0 Å². The Morgan fingerprint density at radius 1 is 1.05 bits per heavy atom. The topological polar surface area (TPSA) is 66.4 Å². The molecule has 4 nitrogen and oxygen atoms in total. The molecule has 0 unspecified atom stereocenters.